The molecule has 2 rings (SSSR count). The Hall–Kier alpha value is -3.42. The Morgan fingerprint density at radius 1 is 0.750 bits per heavy atom. The Labute approximate surface area is 162 Å². The highest BCUT2D eigenvalue weighted by Gasteiger charge is 2.19. The molecule has 2 aromatic carbocycles. The number of carbonyl (C=O) groups is 2. The molecule has 0 radical (unpaired) electrons. The zero-order chi connectivity index (χ0) is 20.8. The van der Waals surface area contributed by atoms with Crippen molar-refractivity contribution < 1.29 is 30.0 Å². The fourth-order valence-corrected chi connectivity index (χ4v) is 2.91. The number of hydrogen-bond donors (Lipinski definition) is 4. The molecular formula is C20H24N2O6. The lowest BCUT2D eigenvalue weighted by molar-refractivity contribution is -0.136. The molecule has 2 aromatic rings. The molecule has 150 valence electrons. The van der Waals surface area contributed by atoms with Gasteiger partial charge in [-0.2, -0.15) is 0 Å². The van der Waals surface area contributed by atoms with Crippen LogP contribution in [-0.4, -0.2) is 58.5 Å². The monoisotopic (exact) mass is 388 g/mol. The fraction of sp³-hybridized carbons (Fsp3) is 0.300. The normalized spacial score (nSPS) is 10.5. The van der Waals surface area contributed by atoms with Crippen LogP contribution in [0.4, 0.5) is 11.4 Å². The molecule has 0 bridgehead atoms. The van der Waals surface area contributed by atoms with Crippen molar-refractivity contribution >= 4 is 23.3 Å². The third kappa shape index (κ3) is 5.54. The van der Waals surface area contributed by atoms with Gasteiger partial charge in [0.25, 0.3) is 0 Å². The third-order valence-electron chi connectivity index (χ3n) is 4.24. The highest BCUT2D eigenvalue weighted by atomic mass is 16.4. The number of aliphatic carboxylic acids is 2. The molecule has 0 unspecified atom stereocenters. The van der Waals surface area contributed by atoms with E-state index in [1.807, 2.05) is 13.8 Å². The van der Waals surface area contributed by atoms with Gasteiger partial charge in [-0.25, -0.2) is 0 Å². The molecule has 0 saturated heterocycles. The molecule has 0 aliphatic rings. The van der Waals surface area contributed by atoms with Crippen LogP contribution in [-0.2, 0) is 9.59 Å². The van der Waals surface area contributed by atoms with Crippen molar-refractivity contribution in [2.45, 2.75) is 13.8 Å². The summed E-state index contributed by atoms with van der Waals surface area (Å²) in [4.78, 5) is 25.5. The van der Waals surface area contributed by atoms with E-state index in [0.29, 0.717) is 11.4 Å². The Morgan fingerprint density at radius 3 is 1.43 bits per heavy atom. The number of benzene rings is 2. The molecule has 0 aliphatic heterocycles. The zero-order valence-corrected chi connectivity index (χ0v) is 15.8. The first kappa shape index (κ1) is 20.9. The number of carboxylic acids is 2. The highest BCUT2D eigenvalue weighted by molar-refractivity contribution is 5.76. The molecule has 0 atom stereocenters. The van der Waals surface area contributed by atoms with E-state index < -0.39 is 11.9 Å². The smallest absolute Gasteiger partial charge is 0.323 e. The molecule has 8 nitrogen and oxygen atoms in total. The van der Waals surface area contributed by atoms with E-state index >= 15 is 0 Å². The number of rotatable bonds is 9. The van der Waals surface area contributed by atoms with Gasteiger partial charge in [-0.05, 0) is 49.2 Å². The third-order valence-corrected chi connectivity index (χ3v) is 4.24. The minimum atomic E-state index is -1.08. The van der Waals surface area contributed by atoms with E-state index in [4.69, 9.17) is 0 Å². The van der Waals surface area contributed by atoms with Crippen molar-refractivity contribution in [2.75, 3.05) is 36.0 Å². The maximum atomic E-state index is 11.3. The SMILES string of the molecule is Cc1ccc(O)c(N(CCN(CC(=O)O)c2cc(C)ccc2O)CC(=O)O)c1. The Morgan fingerprint density at radius 2 is 1.11 bits per heavy atom. The first-order valence-electron chi connectivity index (χ1n) is 8.70. The van der Waals surface area contributed by atoms with E-state index in [2.05, 4.69) is 0 Å². The van der Waals surface area contributed by atoms with Gasteiger partial charge in [-0.1, -0.05) is 12.1 Å². The fourth-order valence-electron chi connectivity index (χ4n) is 2.91. The van der Waals surface area contributed by atoms with E-state index in [1.165, 1.54) is 21.9 Å². The van der Waals surface area contributed by atoms with Gasteiger partial charge in [-0.3, -0.25) is 9.59 Å². The summed E-state index contributed by atoms with van der Waals surface area (Å²) in [5.74, 6) is -2.28. The van der Waals surface area contributed by atoms with Crippen LogP contribution in [0, 0.1) is 13.8 Å². The van der Waals surface area contributed by atoms with Crippen molar-refractivity contribution in [3.05, 3.63) is 47.5 Å². The lowest BCUT2D eigenvalue weighted by atomic mass is 10.1. The summed E-state index contributed by atoms with van der Waals surface area (Å²) >= 11 is 0. The molecule has 0 heterocycles. The lowest BCUT2D eigenvalue weighted by Crippen LogP contribution is -2.40. The van der Waals surface area contributed by atoms with Gasteiger partial charge >= 0.3 is 11.9 Å². The van der Waals surface area contributed by atoms with Crippen molar-refractivity contribution in [2.24, 2.45) is 0 Å². The Bertz CT molecular complexity index is 796. The molecule has 0 aromatic heterocycles. The average molecular weight is 388 g/mol. The average Bonchev–Trinajstić information content (AvgIpc) is 2.61. The minimum absolute atomic E-state index is 0.0602. The first-order valence-corrected chi connectivity index (χ1v) is 8.70. The second-order valence-electron chi connectivity index (χ2n) is 6.61. The zero-order valence-electron chi connectivity index (χ0n) is 15.8. The van der Waals surface area contributed by atoms with Crippen molar-refractivity contribution in [3.8, 4) is 11.5 Å². The molecule has 4 N–H and O–H groups in total. The number of nitrogens with zero attached hydrogens (tertiary/aromatic N) is 2. The number of carboxylic acid groups (broad SMARTS) is 2. The molecule has 8 heteroatoms. The van der Waals surface area contributed by atoms with Gasteiger partial charge < -0.3 is 30.2 Å². The lowest BCUT2D eigenvalue weighted by Gasteiger charge is -2.29. The Balaban J connectivity index is 2.30. The Kier molecular flexibility index (Phi) is 6.70. The van der Waals surface area contributed by atoms with E-state index in [-0.39, 0.29) is 37.7 Å². The van der Waals surface area contributed by atoms with Crippen LogP contribution in [0.25, 0.3) is 0 Å². The summed E-state index contributed by atoms with van der Waals surface area (Å²) in [6.45, 7) is 3.18. The van der Waals surface area contributed by atoms with Crippen LogP contribution in [0.2, 0.25) is 0 Å². The van der Waals surface area contributed by atoms with Gasteiger partial charge in [0.05, 0.1) is 11.4 Å². The molecular weight excluding hydrogens is 364 g/mol. The largest absolute Gasteiger partial charge is 0.506 e. The molecule has 0 spiro atoms. The van der Waals surface area contributed by atoms with Gasteiger partial charge in [-0.15, -0.1) is 0 Å². The van der Waals surface area contributed by atoms with Crippen LogP contribution >= 0.6 is 0 Å². The first-order chi connectivity index (χ1) is 13.2. The summed E-state index contributed by atoms with van der Waals surface area (Å²) < 4.78 is 0. The van der Waals surface area contributed by atoms with Crippen molar-refractivity contribution in [3.63, 3.8) is 0 Å². The van der Waals surface area contributed by atoms with Crippen LogP contribution in [0.1, 0.15) is 11.1 Å². The summed E-state index contributed by atoms with van der Waals surface area (Å²) in [6.07, 6.45) is 0. The van der Waals surface area contributed by atoms with Gasteiger partial charge in [0.2, 0.25) is 0 Å². The molecule has 0 aliphatic carbocycles. The van der Waals surface area contributed by atoms with Gasteiger partial charge in [0.15, 0.2) is 0 Å². The van der Waals surface area contributed by atoms with Crippen LogP contribution in [0.3, 0.4) is 0 Å². The molecule has 0 fully saturated rings. The minimum Gasteiger partial charge on any atom is -0.506 e. The number of phenols is 2. The predicted octanol–water partition coefficient (Wildman–Crippen LogP) is 2.20. The number of aryl methyl sites for hydroxylation is 2. The van der Waals surface area contributed by atoms with E-state index in [9.17, 15) is 30.0 Å². The van der Waals surface area contributed by atoms with E-state index in [1.54, 1.807) is 24.3 Å². The maximum Gasteiger partial charge on any atom is 0.323 e. The van der Waals surface area contributed by atoms with Gasteiger partial charge in [0, 0.05) is 13.1 Å². The van der Waals surface area contributed by atoms with Crippen LogP contribution in [0.15, 0.2) is 36.4 Å². The highest BCUT2D eigenvalue weighted by Crippen LogP contribution is 2.30. The molecule has 28 heavy (non-hydrogen) atoms. The molecule has 0 amide bonds. The quantitative estimate of drug-likeness (QED) is 0.516. The van der Waals surface area contributed by atoms with E-state index in [0.717, 1.165) is 11.1 Å². The number of anilines is 2. The summed E-state index contributed by atoms with van der Waals surface area (Å²) in [7, 11) is 0. The second-order valence-corrected chi connectivity index (χ2v) is 6.61. The number of phenolic OH excluding ortho intramolecular Hbond substituents is 2. The summed E-state index contributed by atoms with van der Waals surface area (Å²) in [5, 5.41) is 38.8. The number of hydrogen-bond acceptors (Lipinski definition) is 6. The number of aromatic hydroxyl groups is 2. The molecule has 0 saturated carbocycles. The van der Waals surface area contributed by atoms with Gasteiger partial charge in [0.1, 0.15) is 24.6 Å². The van der Waals surface area contributed by atoms with Crippen LogP contribution < -0.4 is 9.80 Å². The van der Waals surface area contributed by atoms with Crippen molar-refractivity contribution in [1.29, 1.82) is 0 Å². The predicted molar refractivity (Wildman–Crippen MR) is 105 cm³/mol. The summed E-state index contributed by atoms with van der Waals surface area (Å²) in [5.41, 5.74) is 2.40. The second kappa shape index (κ2) is 8.98. The van der Waals surface area contributed by atoms with Crippen molar-refractivity contribution in [1.82, 2.24) is 0 Å². The maximum absolute atomic E-state index is 11.3. The topological polar surface area (TPSA) is 122 Å². The van der Waals surface area contributed by atoms with Crippen LogP contribution in [0.5, 0.6) is 11.5 Å². The standard InChI is InChI=1S/C20H24N2O6/c1-13-3-5-17(23)15(9-13)21(11-19(25)26)7-8-22(12-20(27)28)16-10-14(2)4-6-18(16)24/h3-6,9-10,23-24H,7-8,11-12H2,1-2H3,(H,25,26)(H,27,28). The summed E-state index contributed by atoms with van der Waals surface area (Å²) in [6, 6.07) is 9.73.